The van der Waals surface area contributed by atoms with E-state index in [9.17, 15) is 10.2 Å². The molecule has 1 aromatic carbocycles. The van der Waals surface area contributed by atoms with Gasteiger partial charge in [-0.1, -0.05) is 31.4 Å². The van der Waals surface area contributed by atoms with E-state index >= 15 is 0 Å². The summed E-state index contributed by atoms with van der Waals surface area (Å²) in [5.74, 6) is 1.35. The van der Waals surface area contributed by atoms with Gasteiger partial charge in [0.2, 0.25) is 0 Å². The van der Waals surface area contributed by atoms with Crippen molar-refractivity contribution in [2.45, 2.75) is 51.1 Å². The largest absolute Gasteiger partial charge is 0.504 e. The Labute approximate surface area is 127 Å². The molecule has 4 heteroatoms. The van der Waals surface area contributed by atoms with Gasteiger partial charge in [0.05, 0.1) is 7.11 Å². The van der Waals surface area contributed by atoms with Crippen molar-refractivity contribution in [2.24, 2.45) is 5.92 Å². The summed E-state index contributed by atoms with van der Waals surface area (Å²) in [5.41, 5.74) is 0.841. The van der Waals surface area contributed by atoms with Crippen molar-refractivity contribution >= 4 is 0 Å². The van der Waals surface area contributed by atoms with Gasteiger partial charge in [-0.3, -0.25) is 0 Å². The highest BCUT2D eigenvalue weighted by molar-refractivity contribution is 5.45. The summed E-state index contributed by atoms with van der Waals surface area (Å²) >= 11 is 0. The van der Waals surface area contributed by atoms with Gasteiger partial charge in [0.15, 0.2) is 11.5 Å². The molecule has 4 nitrogen and oxygen atoms in total. The van der Waals surface area contributed by atoms with Crippen LogP contribution in [0.25, 0.3) is 0 Å². The van der Waals surface area contributed by atoms with Crippen LogP contribution >= 0.6 is 0 Å². The van der Waals surface area contributed by atoms with E-state index in [0.717, 1.165) is 12.0 Å². The second-order valence-corrected chi connectivity index (χ2v) is 5.87. The Bertz CT molecular complexity index is 430. The van der Waals surface area contributed by atoms with Crippen LogP contribution in [0.1, 0.15) is 44.1 Å². The number of hydrogen-bond donors (Lipinski definition) is 3. The molecule has 0 spiro atoms. The lowest BCUT2D eigenvalue weighted by molar-refractivity contribution is 0.205. The van der Waals surface area contributed by atoms with E-state index in [4.69, 9.17) is 4.74 Å². The number of methoxy groups -OCH3 is 1. The van der Waals surface area contributed by atoms with Gasteiger partial charge in [0.25, 0.3) is 0 Å². The van der Waals surface area contributed by atoms with Crippen LogP contribution in [0.3, 0.4) is 0 Å². The van der Waals surface area contributed by atoms with Gasteiger partial charge in [0, 0.05) is 24.8 Å². The maximum absolute atomic E-state index is 10.1. The van der Waals surface area contributed by atoms with Crippen LogP contribution in [0.2, 0.25) is 0 Å². The van der Waals surface area contributed by atoms with Gasteiger partial charge < -0.3 is 20.3 Å². The molecule has 118 valence electrons. The zero-order valence-corrected chi connectivity index (χ0v) is 12.8. The SMILES string of the molecule is COc1cccc(CNC(CCO)C2CCCCC2)c1O. The third kappa shape index (κ3) is 4.35. The Morgan fingerprint density at radius 2 is 2.05 bits per heavy atom. The first-order valence-electron chi connectivity index (χ1n) is 7.95. The minimum Gasteiger partial charge on any atom is -0.504 e. The lowest BCUT2D eigenvalue weighted by Crippen LogP contribution is -2.37. The van der Waals surface area contributed by atoms with Crippen molar-refractivity contribution in [2.75, 3.05) is 13.7 Å². The number of hydrogen-bond acceptors (Lipinski definition) is 4. The van der Waals surface area contributed by atoms with Gasteiger partial charge in [-0.05, 0) is 31.2 Å². The Balaban J connectivity index is 1.97. The average Bonchev–Trinajstić information content (AvgIpc) is 2.53. The summed E-state index contributed by atoms with van der Waals surface area (Å²) in [6, 6.07) is 5.87. The van der Waals surface area contributed by atoms with Crippen LogP contribution in [-0.4, -0.2) is 30.0 Å². The molecular weight excluding hydrogens is 266 g/mol. The molecule has 1 fully saturated rings. The third-order valence-corrected chi connectivity index (χ3v) is 4.52. The predicted molar refractivity (Wildman–Crippen MR) is 83.6 cm³/mol. The van der Waals surface area contributed by atoms with Crippen molar-refractivity contribution in [1.82, 2.24) is 5.32 Å². The number of aliphatic hydroxyl groups excluding tert-OH is 1. The number of phenols is 1. The topological polar surface area (TPSA) is 61.7 Å². The number of nitrogens with one attached hydrogen (secondary N) is 1. The maximum Gasteiger partial charge on any atom is 0.162 e. The normalized spacial score (nSPS) is 17.6. The van der Waals surface area contributed by atoms with Crippen LogP contribution in [0.5, 0.6) is 11.5 Å². The molecule has 0 amide bonds. The number of rotatable bonds is 7. The first kappa shape index (κ1) is 16.1. The molecular formula is C17H27NO3. The second kappa shape index (κ2) is 8.25. The molecule has 1 saturated carbocycles. The first-order valence-corrected chi connectivity index (χ1v) is 7.95. The fourth-order valence-electron chi connectivity index (χ4n) is 3.30. The van der Waals surface area contributed by atoms with E-state index in [2.05, 4.69) is 5.32 Å². The monoisotopic (exact) mass is 293 g/mol. The van der Waals surface area contributed by atoms with Gasteiger partial charge in [-0.25, -0.2) is 0 Å². The molecule has 3 N–H and O–H groups in total. The fourth-order valence-corrected chi connectivity index (χ4v) is 3.30. The van der Waals surface area contributed by atoms with Gasteiger partial charge in [0.1, 0.15) is 0 Å². The van der Waals surface area contributed by atoms with Crippen molar-refractivity contribution in [1.29, 1.82) is 0 Å². The Kier molecular flexibility index (Phi) is 6.33. The highest BCUT2D eigenvalue weighted by Gasteiger charge is 2.23. The Hall–Kier alpha value is -1.26. The highest BCUT2D eigenvalue weighted by Crippen LogP contribution is 2.31. The Morgan fingerprint density at radius 3 is 2.71 bits per heavy atom. The number of para-hydroxylation sites is 1. The number of ether oxygens (including phenoxy) is 1. The fraction of sp³-hybridized carbons (Fsp3) is 0.647. The van der Waals surface area contributed by atoms with E-state index in [0.29, 0.717) is 24.3 Å². The summed E-state index contributed by atoms with van der Waals surface area (Å²) in [6.07, 6.45) is 7.16. The smallest absolute Gasteiger partial charge is 0.162 e. The summed E-state index contributed by atoms with van der Waals surface area (Å²) in [4.78, 5) is 0. The highest BCUT2D eigenvalue weighted by atomic mass is 16.5. The second-order valence-electron chi connectivity index (χ2n) is 5.87. The zero-order valence-electron chi connectivity index (χ0n) is 12.8. The van der Waals surface area contributed by atoms with E-state index < -0.39 is 0 Å². The number of benzene rings is 1. The van der Waals surface area contributed by atoms with Gasteiger partial charge in [-0.15, -0.1) is 0 Å². The van der Waals surface area contributed by atoms with Crippen molar-refractivity contribution in [3.8, 4) is 11.5 Å². The summed E-state index contributed by atoms with van der Waals surface area (Å²) in [5, 5.41) is 22.9. The molecule has 0 heterocycles. The van der Waals surface area contributed by atoms with Crippen LogP contribution < -0.4 is 10.1 Å². The van der Waals surface area contributed by atoms with Gasteiger partial charge in [-0.2, -0.15) is 0 Å². The molecule has 0 radical (unpaired) electrons. The van der Waals surface area contributed by atoms with E-state index in [1.165, 1.54) is 32.1 Å². The molecule has 1 atom stereocenters. The molecule has 1 aliphatic rings. The molecule has 2 rings (SSSR count). The summed E-state index contributed by atoms with van der Waals surface area (Å²) in [7, 11) is 1.56. The molecule has 1 aliphatic carbocycles. The van der Waals surface area contributed by atoms with E-state index in [1.54, 1.807) is 13.2 Å². The first-order chi connectivity index (χ1) is 10.3. The van der Waals surface area contributed by atoms with Crippen LogP contribution in [-0.2, 0) is 6.54 Å². The van der Waals surface area contributed by atoms with E-state index in [1.807, 2.05) is 12.1 Å². The number of aromatic hydroxyl groups is 1. The Morgan fingerprint density at radius 1 is 1.29 bits per heavy atom. The molecule has 0 saturated heterocycles. The predicted octanol–water partition coefficient (Wildman–Crippen LogP) is 2.82. The molecule has 0 aliphatic heterocycles. The lowest BCUT2D eigenvalue weighted by Gasteiger charge is -2.31. The minimum atomic E-state index is 0.207. The van der Waals surface area contributed by atoms with Crippen LogP contribution in [0.4, 0.5) is 0 Å². The molecule has 0 bridgehead atoms. The molecule has 0 aromatic heterocycles. The average molecular weight is 293 g/mol. The lowest BCUT2D eigenvalue weighted by atomic mass is 9.82. The van der Waals surface area contributed by atoms with Crippen LogP contribution in [0.15, 0.2) is 18.2 Å². The number of phenolic OH excluding ortho intramolecular Hbond substituents is 1. The zero-order chi connectivity index (χ0) is 15.1. The van der Waals surface area contributed by atoms with Gasteiger partial charge >= 0.3 is 0 Å². The quantitative estimate of drug-likeness (QED) is 0.723. The summed E-state index contributed by atoms with van der Waals surface area (Å²) < 4.78 is 5.14. The standard InChI is InChI=1S/C17H27NO3/c1-21-16-9-5-8-14(17(16)20)12-18-15(10-11-19)13-6-3-2-4-7-13/h5,8-9,13,15,18-20H,2-4,6-7,10-12H2,1H3. The maximum atomic E-state index is 10.1. The van der Waals surface area contributed by atoms with Crippen LogP contribution in [0, 0.1) is 5.92 Å². The van der Waals surface area contributed by atoms with Crippen molar-refractivity contribution in [3.05, 3.63) is 23.8 Å². The molecule has 1 aromatic rings. The van der Waals surface area contributed by atoms with E-state index in [-0.39, 0.29) is 12.4 Å². The molecule has 21 heavy (non-hydrogen) atoms. The third-order valence-electron chi connectivity index (χ3n) is 4.52. The number of aliphatic hydroxyl groups is 1. The van der Waals surface area contributed by atoms with Crippen molar-refractivity contribution < 1.29 is 14.9 Å². The van der Waals surface area contributed by atoms with Crippen molar-refractivity contribution in [3.63, 3.8) is 0 Å². The minimum absolute atomic E-state index is 0.207. The summed E-state index contributed by atoms with van der Waals surface area (Å²) in [6.45, 7) is 0.808. The molecule has 1 unspecified atom stereocenters.